The minimum Gasteiger partial charge on any atom is -0.477 e. The minimum absolute atomic E-state index is 0.00943. The Morgan fingerprint density at radius 3 is 2.34 bits per heavy atom. The Morgan fingerprint density at radius 1 is 0.870 bits per heavy atom. The molecule has 3 atom stereocenters. The van der Waals surface area contributed by atoms with E-state index in [0.717, 1.165) is 51.8 Å². The van der Waals surface area contributed by atoms with Crippen molar-refractivity contribution in [2.75, 3.05) is 57.1 Å². The summed E-state index contributed by atoms with van der Waals surface area (Å²) in [7, 11) is -0.728. The number of carboxylic acid groups (broad SMARTS) is 1. The fourth-order valence-electron chi connectivity index (χ4n) is 9.80. The number of imide groups is 2. The lowest BCUT2D eigenvalue weighted by molar-refractivity contribution is -0.400. The Morgan fingerprint density at radius 2 is 1.61 bits per heavy atom. The first-order valence-electron chi connectivity index (χ1n) is 25.5. The van der Waals surface area contributed by atoms with Crippen LogP contribution in [0.15, 0.2) is 47.4 Å². The number of hydrogen-bond acceptors (Lipinski definition) is 14. The number of nitrogens with one attached hydrogen (secondary N) is 5. The number of H-pyrrole nitrogens is 1. The molecular formula is C52H63N10O13S2+. The summed E-state index contributed by atoms with van der Waals surface area (Å²) in [5.41, 5.74) is 7.34. The maximum absolute atomic E-state index is 14.1. The van der Waals surface area contributed by atoms with Gasteiger partial charge < -0.3 is 46.6 Å². The predicted molar refractivity (Wildman–Crippen MR) is 283 cm³/mol. The quantitative estimate of drug-likeness (QED) is 0.0372. The topological polar surface area (TPSA) is 331 Å². The van der Waals surface area contributed by atoms with Crippen molar-refractivity contribution in [1.29, 1.82) is 0 Å². The van der Waals surface area contributed by atoms with Gasteiger partial charge >= 0.3 is 5.97 Å². The number of thioether (sulfide) groups is 1. The van der Waals surface area contributed by atoms with Crippen LogP contribution in [0.1, 0.15) is 99.3 Å². The number of quaternary nitrogens is 1. The number of piperidine rings is 1. The van der Waals surface area contributed by atoms with Gasteiger partial charge in [0.2, 0.25) is 23.6 Å². The van der Waals surface area contributed by atoms with Gasteiger partial charge in [-0.2, -0.15) is 0 Å². The monoisotopic (exact) mass is 1100 g/mol. The number of carbonyl (C=O) groups excluding carboxylic acids is 8. The van der Waals surface area contributed by atoms with E-state index in [2.05, 4.69) is 32.0 Å². The lowest BCUT2D eigenvalue weighted by Gasteiger charge is -2.33. The van der Waals surface area contributed by atoms with Gasteiger partial charge in [0.25, 0.3) is 29.2 Å². The Bertz CT molecular complexity index is 3260. The summed E-state index contributed by atoms with van der Waals surface area (Å²) in [6.45, 7) is 0.864. The van der Waals surface area contributed by atoms with E-state index in [1.165, 1.54) is 17.7 Å². The highest BCUT2D eigenvalue weighted by Gasteiger charge is 2.42. The number of rotatable bonds is 24. The average Bonchev–Trinajstić information content (AvgIpc) is 3.95. The van der Waals surface area contributed by atoms with Crippen LogP contribution in [0.2, 0.25) is 0 Å². The van der Waals surface area contributed by atoms with Crippen LogP contribution < -0.4 is 32.6 Å². The SMILES string of the molecule is CN1C(=O)CCC(N2Cc3c(CCCCNC(=O)c4cc(NCC5CC5)c(-c5cn(C)c(=O)c6[nH]c(C(=O)NCCNC(=O)CCN7C(=O)CC(SC[C@H]([NH3+])C(=O)O)C7=O)cc56)cc4CS(C)(=O)=O)cccc3C2=O)C1=O. The molecule has 0 radical (unpaired) electrons. The van der Waals surface area contributed by atoms with Gasteiger partial charge in [-0.25, -0.2) is 13.2 Å². The van der Waals surface area contributed by atoms with Crippen LogP contribution in [0, 0.1) is 5.92 Å². The summed E-state index contributed by atoms with van der Waals surface area (Å²) in [5, 5.41) is 20.4. The average molecular weight is 1100 g/mol. The predicted octanol–water partition coefficient (Wildman–Crippen LogP) is 0.548. The van der Waals surface area contributed by atoms with Crippen molar-refractivity contribution in [3.05, 3.63) is 86.5 Å². The molecule has 2 aromatic carbocycles. The number of fused-ring (bicyclic) bond motifs is 2. The molecule has 77 heavy (non-hydrogen) atoms. The molecule has 5 heterocycles. The number of likely N-dealkylation sites (tertiary alicyclic amines) is 2. The molecule has 1 saturated carbocycles. The maximum atomic E-state index is 14.1. The van der Waals surface area contributed by atoms with E-state index in [4.69, 9.17) is 5.11 Å². The van der Waals surface area contributed by atoms with Gasteiger partial charge in [-0.3, -0.25) is 53.0 Å². The number of pyridine rings is 1. The fourth-order valence-corrected chi connectivity index (χ4v) is 11.7. The number of amides is 8. The number of unbranched alkanes of at least 4 members (excludes halogenated alkanes) is 1. The van der Waals surface area contributed by atoms with E-state index in [9.17, 15) is 56.4 Å². The fraction of sp³-hybridized carbons (Fsp3) is 0.462. The Kier molecular flexibility index (Phi) is 17.0. The van der Waals surface area contributed by atoms with Gasteiger partial charge in [0, 0.05) is 118 Å². The molecule has 1 aliphatic carbocycles. The lowest BCUT2D eigenvalue weighted by Crippen LogP contribution is -2.66. The van der Waals surface area contributed by atoms with Crippen LogP contribution in [-0.2, 0) is 64.4 Å². The van der Waals surface area contributed by atoms with Crippen LogP contribution in [0.5, 0.6) is 0 Å². The van der Waals surface area contributed by atoms with Gasteiger partial charge in [-0.1, -0.05) is 12.1 Å². The molecule has 8 amide bonds. The van der Waals surface area contributed by atoms with Gasteiger partial charge in [0.15, 0.2) is 15.9 Å². The summed E-state index contributed by atoms with van der Waals surface area (Å²) in [5.74, 6) is -4.61. The highest BCUT2D eigenvalue weighted by molar-refractivity contribution is 8.00. The molecular weight excluding hydrogens is 1040 g/mol. The van der Waals surface area contributed by atoms with Crippen molar-refractivity contribution in [3.63, 3.8) is 0 Å². The zero-order valence-corrected chi connectivity index (χ0v) is 44.7. The first-order chi connectivity index (χ1) is 36.6. The van der Waals surface area contributed by atoms with Crippen molar-refractivity contribution in [1.82, 2.24) is 40.2 Å². The second-order valence-electron chi connectivity index (χ2n) is 20.1. The third kappa shape index (κ3) is 12.9. The van der Waals surface area contributed by atoms with Crippen molar-refractivity contribution < 1.29 is 62.4 Å². The summed E-state index contributed by atoms with van der Waals surface area (Å²) in [6, 6.07) is 8.59. The summed E-state index contributed by atoms with van der Waals surface area (Å²) >= 11 is 1.04. The number of aliphatic carboxylic acids is 1. The third-order valence-corrected chi connectivity index (χ3v) is 16.5. The van der Waals surface area contributed by atoms with E-state index >= 15 is 0 Å². The van der Waals surface area contributed by atoms with Gasteiger partial charge in [-0.15, -0.1) is 11.8 Å². The molecule has 2 saturated heterocycles. The van der Waals surface area contributed by atoms with Crippen LogP contribution in [0.3, 0.4) is 0 Å². The number of hydrogen-bond donors (Lipinski definition) is 7. The normalized spacial score (nSPS) is 18.0. The van der Waals surface area contributed by atoms with E-state index in [-0.39, 0.29) is 98.3 Å². The highest BCUT2D eigenvalue weighted by Crippen LogP contribution is 2.38. The van der Waals surface area contributed by atoms with E-state index in [0.29, 0.717) is 59.5 Å². The number of aromatic amines is 1. The second kappa shape index (κ2) is 23.5. The Hall–Kier alpha value is -7.38. The molecule has 4 aromatic rings. The van der Waals surface area contributed by atoms with Gasteiger partial charge in [0.05, 0.1) is 16.8 Å². The number of carbonyl (C=O) groups is 9. The highest BCUT2D eigenvalue weighted by atomic mass is 32.2. The van der Waals surface area contributed by atoms with Crippen LogP contribution in [-0.4, -0.2) is 160 Å². The molecule has 23 nitrogen and oxygen atoms in total. The van der Waals surface area contributed by atoms with Crippen molar-refractivity contribution in [2.45, 2.75) is 87.4 Å². The summed E-state index contributed by atoms with van der Waals surface area (Å²) in [6.07, 6.45) is 6.58. The molecule has 25 heteroatoms. The standard InChI is InChI=1S/C52H62N10O13S2/c1-59-24-36(34-21-39(58-45(34)51(59)71)47(67)56-17-16-54-42(63)14-18-61-44(65)22-41(50(61)70)76-26-37(53)52(72)73)33-19-30(27-77(3,74)75)32(20-38(33)57-23-28-10-11-28)46(66)55-15-5-4-7-29-8-6-9-31-35(29)25-62(48(31)68)40-12-13-43(64)60(2)49(40)69/h6,8-9,19-21,24,28,37,40-41,57-58H,4-5,7,10-18,22-23,25-27,53H2,1-3H3,(H,54,63)(H,55,66)(H,56,67)(H,72,73)/p+1/t37-,40?,41?/m0/s1. The molecule has 3 aliphatic heterocycles. The van der Waals surface area contributed by atoms with Crippen LogP contribution in [0.25, 0.3) is 22.0 Å². The first-order valence-corrected chi connectivity index (χ1v) is 28.6. The second-order valence-corrected chi connectivity index (χ2v) is 23.5. The molecule has 2 unspecified atom stereocenters. The number of nitrogens with zero attached hydrogens (tertiary/aromatic N) is 4. The van der Waals surface area contributed by atoms with Crippen molar-refractivity contribution in [3.8, 4) is 11.1 Å². The zero-order chi connectivity index (χ0) is 55.5. The summed E-state index contributed by atoms with van der Waals surface area (Å²) in [4.78, 5) is 135. The largest absolute Gasteiger partial charge is 0.477 e. The van der Waals surface area contributed by atoms with E-state index in [1.807, 2.05) is 6.07 Å². The summed E-state index contributed by atoms with van der Waals surface area (Å²) < 4.78 is 27.3. The molecule has 410 valence electrons. The van der Waals surface area contributed by atoms with E-state index < -0.39 is 79.9 Å². The number of sulfone groups is 1. The van der Waals surface area contributed by atoms with Crippen molar-refractivity contribution in [2.24, 2.45) is 13.0 Å². The molecule has 2 aromatic heterocycles. The molecule has 4 aliphatic rings. The maximum Gasteiger partial charge on any atom is 0.363 e. The molecule has 9 N–H and O–H groups in total. The van der Waals surface area contributed by atoms with Crippen LogP contribution in [0.4, 0.5) is 5.69 Å². The van der Waals surface area contributed by atoms with Crippen LogP contribution >= 0.6 is 11.8 Å². The zero-order valence-electron chi connectivity index (χ0n) is 43.0. The Balaban J connectivity index is 0.919. The van der Waals surface area contributed by atoms with Crippen molar-refractivity contribution >= 4 is 91.4 Å². The third-order valence-electron chi connectivity index (χ3n) is 14.3. The number of aromatic nitrogens is 2. The molecule has 0 spiro atoms. The number of benzene rings is 2. The number of likely N-dealkylation sites (N-methyl/N-ethyl adjacent to an activating group) is 1. The lowest BCUT2D eigenvalue weighted by atomic mass is 9.95. The van der Waals surface area contributed by atoms with E-state index in [1.54, 1.807) is 42.4 Å². The Labute approximate surface area is 447 Å². The van der Waals surface area contributed by atoms with Gasteiger partial charge in [-0.05, 0) is 85.4 Å². The molecule has 0 bridgehead atoms. The first kappa shape index (κ1) is 55.8. The number of aryl methyl sites for hydroxylation is 2. The molecule has 8 rings (SSSR count). The minimum atomic E-state index is -3.70. The van der Waals surface area contributed by atoms with Gasteiger partial charge in [0.1, 0.15) is 17.3 Å². The molecule has 3 fully saturated rings. The number of carboxylic acids is 1. The smallest absolute Gasteiger partial charge is 0.363 e. The number of anilines is 1.